The van der Waals surface area contributed by atoms with E-state index in [-0.39, 0.29) is 23.3 Å². The molecule has 1 heterocycles. The van der Waals surface area contributed by atoms with Crippen LogP contribution in [0.2, 0.25) is 0 Å². The normalized spacial score (nSPS) is 27.9. The second-order valence-corrected chi connectivity index (χ2v) is 9.00. The molecule has 0 aromatic rings. The van der Waals surface area contributed by atoms with Gasteiger partial charge in [-0.1, -0.05) is 0 Å². The minimum Gasteiger partial charge on any atom is -0.342 e. The summed E-state index contributed by atoms with van der Waals surface area (Å²) >= 11 is 0. The molecule has 2 fully saturated rings. The van der Waals surface area contributed by atoms with Gasteiger partial charge in [0.05, 0.1) is 5.25 Å². The average molecular weight is 302 g/mol. The van der Waals surface area contributed by atoms with Crippen LogP contribution >= 0.6 is 0 Å². The first kappa shape index (κ1) is 15.8. The highest BCUT2D eigenvalue weighted by atomic mass is 32.2. The third-order valence-electron chi connectivity index (χ3n) is 5.40. The number of carbonyl (C=O) groups excluding carboxylic acids is 1. The van der Waals surface area contributed by atoms with Crippen LogP contribution in [0.3, 0.4) is 0 Å². The topological polar surface area (TPSA) is 66.5 Å². The lowest BCUT2D eigenvalue weighted by Gasteiger charge is -2.31. The molecule has 1 N–H and O–H groups in total. The van der Waals surface area contributed by atoms with Crippen molar-refractivity contribution in [1.29, 1.82) is 0 Å². The number of nitrogens with one attached hydrogen (secondary N) is 1. The fraction of sp³-hybridized carbons (Fsp3) is 0.929. The highest BCUT2D eigenvalue weighted by molar-refractivity contribution is 7.91. The fourth-order valence-corrected chi connectivity index (χ4v) is 4.19. The second-order valence-electron chi connectivity index (χ2n) is 6.59. The second kappa shape index (κ2) is 5.30. The van der Waals surface area contributed by atoms with Crippen LogP contribution in [0.1, 0.15) is 33.1 Å². The van der Waals surface area contributed by atoms with Crippen molar-refractivity contribution >= 4 is 15.7 Å². The summed E-state index contributed by atoms with van der Waals surface area (Å²) in [5, 5.41) is 2.80. The van der Waals surface area contributed by atoms with Gasteiger partial charge in [-0.3, -0.25) is 4.79 Å². The smallest absolute Gasteiger partial charge is 0.226 e. The third kappa shape index (κ3) is 2.86. The number of hydrogen-bond acceptors (Lipinski definition) is 4. The molecular formula is C14H26N2O3S. The van der Waals surface area contributed by atoms with E-state index in [1.807, 2.05) is 6.92 Å². The zero-order chi connectivity index (χ0) is 15.1. The van der Waals surface area contributed by atoms with E-state index in [2.05, 4.69) is 5.32 Å². The molecular weight excluding hydrogens is 276 g/mol. The molecule has 1 saturated heterocycles. The summed E-state index contributed by atoms with van der Waals surface area (Å²) in [6, 6.07) is -0.281. The number of amides is 1. The molecule has 2 rings (SSSR count). The molecule has 116 valence electrons. The molecule has 1 spiro atoms. The summed E-state index contributed by atoms with van der Waals surface area (Å²) in [4.78, 5) is 14.2. The van der Waals surface area contributed by atoms with Gasteiger partial charge < -0.3 is 10.2 Å². The number of rotatable bonds is 4. The van der Waals surface area contributed by atoms with Gasteiger partial charge in [-0.05, 0) is 51.6 Å². The predicted octanol–water partition coefficient (Wildman–Crippen LogP) is 0.656. The van der Waals surface area contributed by atoms with Gasteiger partial charge in [0.15, 0.2) is 9.84 Å². The third-order valence-corrected chi connectivity index (χ3v) is 7.14. The molecule has 0 aromatic heterocycles. The Morgan fingerprint density at radius 2 is 1.85 bits per heavy atom. The van der Waals surface area contributed by atoms with Crippen LogP contribution in [0.4, 0.5) is 0 Å². The SMILES string of the molecule is CC(C(C)S(C)(=O)=O)N(C)C(=O)C1CC12CCNCC2. The van der Waals surface area contributed by atoms with Crippen molar-refractivity contribution in [3.8, 4) is 0 Å². The summed E-state index contributed by atoms with van der Waals surface area (Å²) in [6.45, 7) is 5.48. The van der Waals surface area contributed by atoms with Crippen molar-refractivity contribution < 1.29 is 13.2 Å². The molecule has 1 aliphatic heterocycles. The van der Waals surface area contributed by atoms with E-state index in [9.17, 15) is 13.2 Å². The van der Waals surface area contributed by atoms with Crippen molar-refractivity contribution in [2.45, 2.75) is 44.4 Å². The van der Waals surface area contributed by atoms with Gasteiger partial charge in [-0.15, -0.1) is 0 Å². The Balaban J connectivity index is 2.00. The molecule has 1 aliphatic carbocycles. The van der Waals surface area contributed by atoms with Crippen LogP contribution in [0.25, 0.3) is 0 Å². The number of nitrogens with zero attached hydrogens (tertiary/aromatic N) is 1. The van der Waals surface area contributed by atoms with Gasteiger partial charge in [-0.25, -0.2) is 8.42 Å². The first-order valence-corrected chi connectivity index (χ1v) is 9.31. The van der Waals surface area contributed by atoms with Gasteiger partial charge in [-0.2, -0.15) is 0 Å². The van der Waals surface area contributed by atoms with E-state index in [4.69, 9.17) is 0 Å². The minimum absolute atomic E-state index is 0.101. The van der Waals surface area contributed by atoms with Crippen LogP contribution in [0.5, 0.6) is 0 Å². The first-order chi connectivity index (χ1) is 9.19. The molecule has 5 nitrogen and oxygen atoms in total. The van der Waals surface area contributed by atoms with E-state index in [0.717, 1.165) is 32.4 Å². The zero-order valence-corrected chi connectivity index (χ0v) is 13.7. The van der Waals surface area contributed by atoms with Crippen molar-refractivity contribution in [3.63, 3.8) is 0 Å². The summed E-state index contributed by atoms with van der Waals surface area (Å²) in [5.74, 6) is 0.221. The maximum Gasteiger partial charge on any atom is 0.226 e. The molecule has 20 heavy (non-hydrogen) atoms. The van der Waals surface area contributed by atoms with Crippen molar-refractivity contribution in [3.05, 3.63) is 0 Å². The Morgan fingerprint density at radius 1 is 1.30 bits per heavy atom. The first-order valence-electron chi connectivity index (χ1n) is 7.35. The summed E-state index contributed by atoms with van der Waals surface area (Å²) in [6.07, 6.45) is 4.33. The Morgan fingerprint density at radius 3 is 2.35 bits per heavy atom. The van der Waals surface area contributed by atoms with Crippen LogP contribution < -0.4 is 5.32 Å². The average Bonchev–Trinajstić information content (AvgIpc) is 3.08. The lowest BCUT2D eigenvalue weighted by atomic mass is 9.91. The van der Waals surface area contributed by atoms with Gasteiger partial charge in [0.25, 0.3) is 0 Å². The van der Waals surface area contributed by atoms with E-state index < -0.39 is 15.1 Å². The van der Waals surface area contributed by atoms with Gasteiger partial charge in [0, 0.05) is 25.3 Å². The fourth-order valence-electron chi connectivity index (χ4n) is 3.29. The maximum absolute atomic E-state index is 12.6. The summed E-state index contributed by atoms with van der Waals surface area (Å²) in [5.41, 5.74) is 0.199. The summed E-state index contributed by atoms with van der Waals surface area (Å²) < 4.78 is 23.3. The largest absolute Gasteiger partial charge is 0.342 e. The number of carbonyl (C=O) groups is 1. The highest BCUT2D eigenvalue weighted by Crippen LogP contribution is 2.59. The molecule has 3 atom stereocenters. The van der Waals surface area contributed by atoms with E-state index in [0.29, 0.717) is 0 Å². The van der Waals surface area contributed by atoms with Gasteiger partial charge >= 0.3 is 0 Å². The van der Waals surface area contributed by atoms with Crippen LogP contribution in [-0.4, -0.2) is 56.9 Å². The van der Waals surface area contributed by atoms with E-state index in [1.165, 1.54) is 6.26 Å². The molecule has 1 saturated carbocycles. The quantitative estimate of drug-likeness (QED) is 0.828. The van der Waals surface area contributed by atoms with Crippen molar-refractivity contribution in [2.24, 2.45) is 11.3 Å². The Hall–Kier alpha value is -0.620. The Bertz CT molecular complexity index is 483. The molecule has 0 aromatic carbocycles. The van der Waals surface area contributed by atoms with E-state index in [1.54, 1.807) is 18.9 Å². The van der Waals surface area contributed by atoms with E-state index >= 15 is 0 Å². The van der Waals surface area contributed by atoms with Crippen LogP contribution in [0.15, 0.2) is 0 Å². The highest BCUT2D eigenvalue weighted by Gasteiger charge is 2.58. The molecule has 1 amide bonds. The maximum atomic E-state index is 12.6. The predicted molar refractivity (Wildman–Crippen MR) is 79.2 cm³/mol. The number of sulfone groups is 1. The van der Waals surface area contributed by atoms with Crippen molar-refractivity contribution in [2.75, 3.05) is 26.4 Å². The van der Waals surface area contributed by atoms with Gasteiger partial charge in [0.2, 0.25) is 5.91 Å². The van der Waals surface area contributed by atoms with Gasteiger partial charge in [0.1, 0.15) is 0 Å². The number of hydrogen-bond donors (Lipinski definition) is 1. The lowest BCUT2D eigenvalue weighted by molar-refractivity contribution is -0.134. The minimum atomic E-state index is -3.12. The lowest BCUT2D eigenvalue weighted by Crippen LogP contribution is -2.46. The van der Waals surface area contributed by atoms with Crippen LogP contribution in [-0.2, 0) is 14.6 Å². The molecule has 6 heteroatoms. The number of piperidine rings is 1. The zero-order valence-electron chi connectivity index (χ0n) is 12.8. The molecule has 3 unspecified atom stereocenters. The standard InChI is InChI=1S/C14H26N2O3S/c1-10(11(2)20(4,18)19)16(3)13(17)12-9-14(12)5-7-15-8-6-14/h10-12,15H,5-9H2,1-4H3. The van der Waals surface area contributed by atoms with Crippen molar-refractivity contribution in [1.82, 2.24) is 10.2 Å². The monoisotopic (exact) mass is 302 g/mol. The Labute approximate surface area is 122 Å². The summed E-state index contributed by atoms with van der Waals surface area (Å²) in [7, 11) is -1.39. The Kier molecular flexibility index (Phi) is 4.17. The molecule has 2 aliphatic rings. The van der Waals surface area contributed by atoms with Crippen LogP contribution in [0, 0.1) is 11.3 Å². The molecule has 0 bridgehead atoms. The molecule has 0 radical (unpaired) electrons.